The molecule has 0 saturated heterocycles. The molecule has 1 atom stereocenters. The minimum absolute atomic E-state index is 1.92. The third kappa shape index (κ3) is 2.06. The summed E-state index contributed by atoms with van der Waals surface area (Å²) in [5.74, 6) is -13.7. The minimum Gasteiger partial charge on any atom is -0.370 e. The van der Waals surface area contributed by atoms with Gasteiger partial charge in [0.15, 0.2) is 0 Å². The van der Waals surface area contributed by atoms with Crippen LogP contribution in [0.15, 0.2) is 0 Å². The summed E-state index contributed by atoms with van der Waals surface area (Å²) in [6.45, 7) is 0. The van der Waals surface area contributed by atoms with Gasteiger partial charge in [0.05, 0.1) is 0 Å². The molecule has 84 valence electrons. The van der Waals surface area contributed by atoms with E-state index in [1.807, 2.05) is 0 Å². The van der Waals surface area contributed by atoms with E-state index in [1.165, 1.54) is 0 Å². The summed E-state index contributed by atoms with van der Waals surface area (Å²) in [4.78, 5) is 0. The van der Waals surface area contributed by atoms with Crippen molar-refractivity contribution < 1.29 is 34.2 Å². The van der Waals surface area contributed by atoms with Gasteiger partial charge in [0.2, 0.25) is 34.8 Å². The molecule has 1 aromatic carbocycles. The molecule has 2 nitrogen and oxygen atoms in total. The first-order chi connectivity index (χ1) is 6.86. The van der Waals surface area contributed by atoms with Crippen molar-refractivity contribution in [3.05, 3.63) is 29.1 Å². The van der Waals surface area contributed by atoms with Crippen molar-refractivity contribution in [2.75, 3.05) is 0 Å². The van der Waals surface area contributed by atoms with Gasteiger partial charge in [-0.2, -0.15) is 13.0 Å². The maximum atomic E-state index is 12.6. The fourth-order valence-corrected chi connectivity index (χ4v) is 1.00. The van der Waals surface area contributed by atoms with E-state index in [9.17, 15) is 30.0 Å². The van der Waals surface area contributed by atoms with E-state index in [2.05, 4.69) is 4.18 Å². The van der Waals surface area contributed by atoms with E-state index in [1.54, 1.807) is 0 Å². The quantitative estimate of drug-likeness (QED) is 0.348. The molecular formula is C6F6O2S. The zero-order valence-corrected chi connectivity index (χ0v) is 7.31. The molecule has 0 N–H and O–H groups in total. The van der Waals surface area contributed by atoms with Crippen molar-refractivity contribution in [1.82, 2.24) is 0 Å². The van der Waals surface area contributed by atoms with Crippen molar-refractivity contribution in [3.63, 3.8) is 0 Å². The van der Waals surface area contributed by atoms with Gasteiger partial charge in [0.25, 0.3) is 0 Å². The molecule has 0 saturated carbocycles. The number of benzene rings is 1. The normalized spacial score (nSPS) is 12.7. The van der Waals surface area contributed by atoms with Gasteiger partial charge in [-0.05, 0) is 0 Å². The molecular weight excluding hydrogens is 250 g/mol. The largest absolute Gasteiger partial charge is 0.401 e. The lowest BCUT2D eigenvalue weighted by Crippen LogP contribution is -2.06. The van der Waals surface area contributed by atoms with Crippen LogP contribution in [0, 0.1) is 29.1 Å². The summed E-state index contributed by atoms with van der Waals surface area (Å²) in [7, 11) is 0. The molecule has 0 aromatic heterocycles. The van der Waals surface area contributed by atoms with Crippen LogP contribution in [-0.2, 0) is 11.5 Å². The Hall–Kier alpha value is -1.25. The summed E-state index contributed by atoms with van der Waals surface area (Å²) in [6.07, 6.45) is 0. The lowest BCUT2D eigenvalue weighted by Gasteiger charge is -2.05. The van der Waals surface area contributed by atoms with E-state index < -0.39 is 46.3 Å². The van der Waals surface area contributed by atoms with E-state index in [4.69, 9.17) is 0 Å². The van der Waals surface area contributed by atoms with Gasteiger partial charge in [0.1, 0.15) is 0 Å². The Kier molecular flexibility index (Phi) is 3.22. The Morgan fingerprint density at radius 3 is 1.47 bits per heavy atom. The third-order valence-corrected chi connectivity index (χ3v) is 1.62. The van der Waals surface area contributed by atoms with Gasteiger partial charge in [-0.3, -0.25) is 0 Å². The van der Waals surface area contributed by atoms with Gasteiger partial charge >= 0.3 is 11.5 Å². The summed E-state index contributed by atoms with van der Waals surface area (Å²) in [6, 6.07) is 0. The SMILES string of the molecule is O=S(F)Oc1c(F)c(F)c(F)c(F)c1F. The average Bonchev–Trinajstić information content (AvgIpc) is 2.18. The molecule has 0 radical (unpaired) electrons. The maximum Gasteiger partial charge on any atom is 0.401 e. The molecule has 0 aliphatic carbocycles. The number of rotatable bonds is 2. The molecule has 1 aromatic rings. The lowest BCUT2D eigenvalue weighted by molar-refractivity contribution is 0.349. The Morgan fingerprint density at radius 1 is 0.800 bits per heavy atom. The third-order valence-electron chi connectivity index (χ3n) is 1.32. The smallest absolute Gasteiger partial charge is 0.370 e. The van der Waals surface area contributed by atoms with Crippen LogP contribution in [0.1, 0.15) is 0 Å². The second-order valence-electron chi connectivity index (χ2n) is 2.18. The van der Waals surface area contributed by atoms with Gasteiger partial charge in [-0.15, -0.1) is 0 Å². The highest BCUT2D eigenvalue weighted by molar-refractivity contribution is 7.75. The van der Waals surface area contributed by atoms with E-state index in [-0.39, 0.29) is 0 Å². The summed E-state index contributed by atoms with van der Waals surface area (Å²) < 4.78 is 87.2. The predicted octanol–water partition coefficient (Wildman–Crippen LogP) is 2.31. The van der Waals surface area contributed by atoms with E-state index >= 15 is 0 Å². The minimum atomic E-state index is -3.70. The molecule has 0 aliphatic heterocycles. The molecule has 0 bridgehead atoms. The standard InChI is InChI=1S/C6F6O2S/c7-1-2(8)4(10)6(14-15(12)13)5(11)3(1)9. The highest BCUT2D eigenvalue weighted by Crippen LogP contribution is 2.29. The molecule has 15 heavy (non-hydrogen) atoms. The molecule has 0 spiro atoms. The Balaban J connectivity index is 3.45. The van der Waals surface area contributed by atoms with Crippen LogP contribution in [0.5, 0.6) is 5.75 Å². The first-order valence-corrected chi connectivity index (χ1v) is 4.11. The number of halogens is 6. The van der Waals surface area contributed by atoms with Crippen LogP contribution in [0.25, 0.3) is 0 Å². The maximum absolute atomic E-state index is 12.6. The Bertz CT molecular complexity index is 405. The molecule has 0 heterocycles. The average molecular weight is 250 g/mol. The lowest BCUT2D eigenvalue weighted by atomic mass is 10.3. The van der Waals surface area contributed by atoms with Crippen molar-refractivity contribution in [2.45, 2.75) is 0 Å². The van der Waals surface area contributed by atoms with Crippen LogP contribution in [0.4, 0.5) is 25.8 Å². The first kappa shape index (κ1) is 11.8. The second-order valence-corrected chi connectivity index (χ2v) is 2.73. The first-order valence-electron chi connectivity index (χ1n) is 3.14. The van der Waals surface area contributed by atoms with Crippen LogP contribution in [0.2, 0.25) is 0 Å². The van der Waals surface area contributed by atoms with Crippen LogP contribution < -0.4 is 4.18 Å². The van der Waals surface area contributed by atoms with Gasteiger partial charge < -0.3 is 4.18 Å². The molecule has 9 heteroatoms. The highest BCUT2D eigenvalue weighted by atomic mass is 32.2. The monoisotopic (exact) mass is 250 g/mol. The van der Waals surface area contributed by atoms with E-state index in [0.29, 0.717) is 0 Å². The van der Waals surface area contributed by atoms with Crippen molar-refractivity contribution >= 4 is 11.5 Å². The Morgan fingerprint density at radius 2 is 1.13 bits per heavy atom. The van der Waals surface area contributed by atoms with Crippen LogP contribution in [-0.4, -0.2) is 4.21 Å². The fraction of sp³-hybridized carbons (Fsp3) is 0. The summed E-state index contributed by atoms with van der Waals surface area (Å²) >= 11 is -3.70. The Labute approximate surface area is 81.4 Å². The zero-order valence-electron chi connectivity index (χ0n) is 6.49. The van der Waals surface area contributed by atoms with Crippen LogP contribution in [0.3, 0.4) is 0 Å². The summed E-state index contributed by atoms with van der Waals surface area (Å²) in [5.41, 5.74) is 0. The molecule has 1 rings (SSSR count). The van der Waals surface area contributed by atoms with Crippen molar-refractivity contribution in [2.24, 2.45) is 0 Å². The zero-order chi connectivity index (χ0) is 11.7. The fourth-order valence-electron chi connectivity index (χ4n) is 0.723. The van der Waals surface area contributed by atoms with Gasteiger partial charge in [-0.1, -0.05) is 3.89 Å². The molecule has 0 fully saturated rings. The molecule has 1 unspecified atom stereocenters. The molecule has 0 aliphatic rings. The van der Waals surface area contributed by atoms with Gasteiger partial charge in [0, 0.05) is 0 Å². The van der Waals surface area contributed by atoms with E-state index in [0.717, 1.165) is 0 Å². The number of hydrogen-bond donors (Lipinski definition) is 0. The predicted molar refractivity (Wildman–Crippen MR) is 36.1 cm³/mol. The highest BCUT2D eigenvalue weighted by Gasteiger charge is 2.28. The number of hydrogen-bond acceptors (Lipinski definition) is 2. The van der Waals surface area contributed by atoms with Crippen molar-refractivity contribution in [1.29, 1.82) is 0 Å². The van der Waals surface area contributed by atoms with Gasteiger partial charge in [-0.25, -0.2) is 13.2 Å². The summed E-state index contributed by atoms with van der Waals surface area (Å²) in [5, 5.41) is 0. The topological polar surface area (TPSA) is 26.3 Å². The molecule has 0 amide bonds. The van der Waals surface area contributed by atoms with Crippen molar-refractivity contribution in [3.8, 4) is 5.75 Å². The second kappa shape index (κ2) is 4.09. The van der Waals surface area contributed by atoms with Crippen LogP contribution >= 0.6 is 0 Å².